The molecule has 2 rings (SSSR count). The van der Waals surface area contributed by atoms with Gasteiger partial charge < -0.3 is 10.6 Å². The maximum Gasteiger partial charge on any atom is 0.221 e. The predicted molar refractivity (Wildman–Crippen MR) is 79.2 cm³/mol. The molecular weight excluding hydrogens is 236 g/mol. The number of carbonyl (C=O) groups is 1. The van der Waals surface area contributed by atoms with E-state index in [1.807, 2.05) is 12.1 Å². The van der Waals surface area contributed by atoms with Crippen LogP contribution in [-0.2, 0) is 4.79 Å². The van der Waals surface area contributed by atoms with Crippen LogP contribution in [0.4, 0.5) is 5.69 Å². The van der Waals surface area contributed by atoms with Crippen molar-refractivity contribution in [3.8, 4) is 0 Å². The average molecular weight is 260 g/mol. The molecular formula is C16H24N2O. The molecule has 0 aromatic heterocycles. The molecule has 1 aliphatic carbocycles. The number of amides is 1. The molecule has 1 aromatic rings. The first-order valence-electron chi connectivity index (χ1n) is 7.29. The van der Waals surface area contributed by atoms with Gasteiger partial charge in [0.05, 0.1) is 0 Å². The van der Waals surface area contributed by atoms with Crippen LogP contribution in [0.1, 0.15) is 57.6 Å². The molecule has 0 aliphatic heterocycles. The summed E-state index contributed by atoms with van der Waals surface area (Å²) in [6.45, 7) is 3.74. The van der Waals surface area contributed by atoms with Gasteiger partial charge >= 0.3 is 0 Å². The van der Waals surface area contributed by atoms with E-state index in [-0.39, 0.29) is 5.91 Å². The summed E-state index contributed by atoms with van der Waals surface area (Å²) in [7, 11) is 0. The van der Waals surface area contributed by atoms with Crippen LogP contribution in [0, 0.1) is 0 Å². The van der Waals surface area contributed by atoms with Crippen molar-refractivity contribution in [2.75, 3.05) is 5.32 Å². The van der Waals surface area contributed by atoms with E-state index in [2.05, 4.69) is 29.7 Å². The Bertz CT molecular complexity index is 407. The fraction of sp³-hybridized carbons (Fsp3) is 0.562. The number of carbonyl (C=O) groups excluding carboxylic acids is 1. The first-order chi connectivity index (χ1) is 9.15. The second kappa shape index (κ2) is 6.71. The zero-order valence-corrected chi connectivity index (χ0v) is 11.9. The Balaban J connectivity index is 1.91. The van der Waals surface area contributed by atoms with Crippen molar-refractivity contribution in [3.63, 3.8) is 0 Å². The zero-order chi connectivity index (χ0) is 13.7. The molecule has 1 atom stereocenters. The third-order valence-corrected chi connectivity index (χ3v) is 3.82. The Morgan fingerprint density at radius 3 is 2.37 bits per heavy atom. The lowest BCUT2D eigenvalue weighted by molar-refractivity contribution is -0.114. The molecule has 1 unspecified atom stereocenters. The predicted octanol–water partition coefficient (Wildman–Crippen LogP) is 3.63. The maximum absolute atomic E-state index is 11.0. The second-order valence-electron chi connectivity index (χ2n) is 5.53. The molecule has 1 aromatic carbocycles. The highest BCUT2D eigenvalue weighted by Gasteiger charge is 2.16. The van der Waals surface area contributed by atoms with Crippen LogP contribution < -0.4 is 10.6 Å². The first-order valence-corrected chi connectivity index (χ1v) is 7.29. The number of nitrogens with one attached hydrogen (secondary N) is 2. The van der Waals surface area contributed by atoms with Crippen molar-refractivity contribution in [1.82, 2.24) is 5.32 Å². The lowest BCUT2D eigenvalue weighted by atomic mass is 9.94. The van der Waals surface area contributed by atoms with E-state index in [1.54, 1.807) is 0 Å². The largest absolute Gasteiger partial charge is 0.326 e. The van der Waals surface area contributed by atoms with Crippen molar-refractivity contribution in [1.29, 1.82) is 0 Å². The molecule has 0 saturated heterocycles. The van der Waals surface area contributed by atoms with E-state index in [0.29, 0.717) is 12.1 Å². The average Bonchev–Trinajstić information content (AvgIpc) is 2.40. The van der Waals surface area contributed by atoms with Gasteiger partial charge in [-0.05, 0) is 37.5 Å². The minimum Gasteiger partial charge on any atom is -0.326 e. The van der Waals surface area contributed by atoms with Gasteiger partial charge in [-0.2, -0.15) is 0 Å². The Labute approximate surface area is 115 Å². The van der Waals surface area contributed by atoms with E-state index in [1.165, 1.54) is 44.6 Å². The fourth-order valence-electron chi connectivity index (χ4n) is 2.78. The normalized spacial score (nSPS) is 18.0. The van der Waals surface area contributed by atoms with Crippen molar-refractivity contribution in [2.45, 2.75) is 58.0 Å². The molecule has 3 heteroatoms. The molecule has 0 spiro atoms. The standard InChI is InChI=1S/C16H24N2O/c1-12(17-15-6-4-3-5-7-15)14-8-10-16(11-9-14)18-13(2)19/h8-12,15,17H,3-7H2,1-2H3,(H,18,19). The lowest BCUT2D eigenvalue weighted by Gasteiger charge is -2.27. The van der Waals surface area contributed by atoms with Crippen LogP contribution in [0.3, 0.4) is 0 Å². The maximum atomic E-state index is 11.0. The Kier molecular flexibility index (Phi) is 4.97. The Morgan fingerprint density at radius 2 is 1.79 bits per heavy atom. The topological polar surface area (TPSA) is 41.1 Å². The van der Waals surface area contributed by atoms with E-state index in [4.69, 9.17) is 0 Å². The molecule has 19 heavy (non-hydrogen) atoms. The van der Waals surface area contributed by atoms with Gasteiger partial charge in [-0.15, -0.1) is 0 Å². The van der Waals surface area contributed by atoms with Crippen LogP contribution in [0.2, 0.25) is 0 Å². The van der Waals surface area contributed by atoms with Crippen molar-refractivity contribution in [3.05, 3.63) is 29.8 Å². The van der Waals surface area contributed by atoms with Gasteiger partial charge in [0.1, 0.15) is 0 Å². The number of rotatable bonds is 4. The molecule has 1 fully saturated rings. The number of benzene rings is 1. The highest BCUT2D eigenvalue weighted by atomic mass is 16.1. The van der Waals surface area contributed by atoms with Crippen LogP contribution in [0.5, 0.6) is 0 Å². The van der Waals surface area contributed by atoms with Gasteiger partial charge in [0.15, 0.2) is 0 Å². The molecule has 1 aliphatic rings. The molecule has 0 heterocycles. The summed E-state index contributed by atoms with van der Waals surface area (Å²) in [6.07, 6.45) is 6.69. The van der Waals surface area contributed by atoms with E-state index in [0.717, 1.165) is 5.69 Å². The summed E-state index contributed by atoms with van der Waals surface area (Å²) < 4.78 is 0. The summed E-state index contributed by atoms with van der Waals surface area (Å²) in [4.78, 5) is 11.0. The highest BCUT2D eigenvalue weighted by Crippen LogP contribution is 2.22. The van der Waals surface area contributed by atoms with Crippen molar-refractivity contribution in [2.24, 2.45) is 0 Å². The minimum absolute atomic E-state index is 0.0267. The molecule has 2 N–H and O–H groups in total. The summed E-state index contributed by atoms with van der Waals surface area (Å²) in [5.41, 5.74) is 2.14. The van der Waals surface area contributed by atoms with E-state index < -0.39 is 0 Å². The van der Waals surface area contributed by atoms with Crippen LogP contribution in [0.25, 0.3) is 0 Å². The summed E-state index contributed by atoms with van der Waals surface area (Å²) in [5, 5.41) is 6.50. The van der Waals surface area contributed by atoms with Gasteiger partial charge in [-0.3, -0.25) is 4.79 Å². The van der Waals surface area contributed by atoms with E-state index >= 15 is 0 Å². The van der Waals surface area contributed by atoms with Crippen LogP contribution in [-0.4, -0.2) is 11.9 Å². The molecule has 104 valence electrons. The monoisotopic (exact) mass is 260 g/mol. The van der Waals surface area contributed by atoms with Gasteiger partial charge in [-0.1, -0.05) is 31.4 Å². The number of hydrogen-bond acceptors (Lipinski definition) is 2. The minimum atomic E-state index is -0.0267. The number of hydrogen-bond donors (Lipinski definition) is 2. The summed E-state index contributed by atoms with van der Waals surface area (Å²) >= 11 is 0. The lowest BCUT2D eigenvalue weighted by Crippen LogP contribution is -2.33. The smallest absolute Gasteiger partial charge is 0.221 e. The molecule has 0 radical (unpaired) electrons. The summed E-state index contributed by atoms with van der Waals surface area (Å²) in [6, 6.07) is 9.15. The van der Waals surface area contributed by atoms with Crippen LogP contribution >= 0.6 is 0 Å². The highest BCUT2D eigenvalue weighted by molar-refractivity contribution is 5.88. The molecule has 3 nitrogen and oxygen atoms in total. The third kappa shape index (κ3) is 4.35. The van der Waals surface area contributed by atoms with Crippen LogP contribution in [0.15, 0.2) is 24.3 Å². The van der Waals surface area contributed by atoms with Gasteiger partial charge in [0, 0.05) is 24.7 Å². The third-order valence-electron chi connectivity index (χ3n) is 3.82. The van der Waals surface area contributed by atoms with Gasteiger partial charge in [0.25, 0.3) is 0 Å². The van der Waals surface area contributed by atoms with Crippen molar-refractivity contribution >= 4 is 11.6 Å². The second-order valence-corrected chi connectivity index (χ2v) is 5.53. The summed E-state index contributed by atoms with van der Waals surface area (Å²) in [5.74, 6) is -0.0267. The Morgan fingerprint density at radius 1 is 1.16 bits per heavy atom. The molecule has 1 amide bonds. The van der Waals surface area contributed by atoms with Gasteiger partial charge in [-0.25, -0.2) is 0 Å². The Hall–Kier alpha value is -1.35. The quantitative estimate of drug-likeness (QED) is 0.868. The van der Waals surface area contributed by atoms with E-state index in [9.17, 15) is 4.79 Å². The zero-order valence-electron chi connectivity index (χ0n) is 11.9. The van der Waals surface area contributed by atoms with Gasteiger partial charge in [0.2, 0.25) is 5.91 Å². The van der Waals surface area contributed by atoms with Crippen molar-refractivity contribution < 1.29 is 4.79 Å². The number of anilines is 1. The fourth-order valence-corrected chi connectivity index (χ4v) is 2.78. The first kappa shape index (κ1) is 14.1. The molecule has 0 bridgehead atoms. The SMILES string of the molecule is CC(=O)Nc1ccc(C(C)NC2CCCCC2)cc1. The molecule has 1 saturated carbocycles.